The molecule has 0 saturated heterocycles. The number of nitrogens with one attached hydrogen (secondary N) is 1. The number of benzene rings is 2. The van der Waals surface area contributed by atoms with Crippen LogP contribution in [0.4, 0.5) is 4.39 Å². The van der Waals surface area contributed by atoms with Gasteiger partial charge < -0.3 is 14.6 Å². The third-order valence-electron chi connectivity index (χ3n) is 6.57. The average molecular weight is 422 g/mol. The van der Waals surface area contributed by atoms with E-state index in [2.05, 4.69) is 35.0 Å². The molecule has 0 aliphatic heterocycles. The molecule has 0 amide bonds. The van der Waals surface area contributed by atoms with Gasteiger partial charge in [-0.25, -0.2) is 4.39 Å². The minimum Gasteiger partial charge on any atom is -0.387 e. The minimum absolute atomic E-state index is 0.190. The first-order valence-corrected chi connectivity index (χ1v) is 11.6. The number of halogens is 1. The van der Waals surface area contributed by atoms with Crippen LogP contribution in [0.1, 0.15) is 48.9 Å². The Bertz CT molecular complexity index is 933. The van der Waals surface area contributed by atoms with Crippen LogP contribution >= 0.6 is 0 Å². The van der Waals surface area contributed by atoms with E-state index in [0.29, 0.717) is 19.0 Å². The lowest BCUT2D eigenvalue weighted by molar-refractivity contribution is -0.943. The van der Waals surface area contributed by atoms with Crippen LogP contribution in [-0.4, -0.2) is 28.4 Å². The second kappa shape index (κ2) is 10.7. The topological polar surface area (TPSA) is 29.6 Å². The van der Waals surface area contributed by atoms with Crippen LogP contribution in [0.25, 0.3) is 0 Å². The summed E-state index contributed by atoms with van der Waals surface area (Å²) in [6, 6.07) is 22.0. The minimum atomic E-state index is -0.356. The van der Waals surface area contributed by atoms with Crippen LogP contribution < -0.4 is 4.90 Å². The van der Waals surface area contributed by atoms with Crippen molar-refractivity contribution in [2.75, 3.05) is 6.54 Å². The predicted octanol–water partition coefficient (Wildman–Crippen LogP) is 4.00. The number of aliphatic hydroxyl groups is 1. The van der Waals surface area contributed by atoms with E-state index in [1.165, 1.54) is 54.3 Å². The molecule has 4 rings (SSSR count). The number of aliphatic hydroxyl groups excluding tert-OH is 1. The largest absolute Gasteiger partial charge is 0.387 e. The van der Waals surface area contributed by atoms with E-state index in [1.54, 1.807) is 12.1 Å². The van der Waals surface area contributed by atoms with Gasteiger partial charge >= 0.3 is 0 Å². The van der Waals surface area contributed by atoms with Crippen LogP contribution in [0.15, 0.2) is 72.9 Å². The molecule has 2 atom stereocenters. The summed E-state index contributed by atoms with van der Waals surface area (Å²) >= 11 is 0. The molecule has 1 aromatic heterocycles. The van der Waals surface area contributed by atoms with Crippen molar-refractivity contribution >= 4 is 0 Å². The normalized spacial score (nSPS) is 16.8. The summed E-state index contributed by atoms with van der Waals surface area (Å²) in [6.07, 6.45) is 8.79. The van der Waals surface area contributed by atoms with E-state index in [1.807, 2.05) is 24.3 Å². The lowest BCUT2D eigenvalue weighted by Gasteiger charge is -2.33. The maximum absolute atomic E-state index is 13.6. The number of hydrogen-bond donors (Lipinski definition) is 2. The van der Waals surface area contributed by atoms with Crippen LogP contribution in [0.5, 0.6) is 0 Å². The Morgan fingerprint density at radius 3 is 2.48 bits per heavy atom. The molecule has 4 heteroatoms. The number of quaternary nitrogens is 1. The fourth-order valence-corrected chi connectivity index (χ4v) is 4.98. The molecule has 1 aliphatic rings. The molecule has 0 bridgehead atoms. The zero-order chi connectivity index (χ0) is 21.5. The van der Waals surface area contributed by atoms with Gasteiger partial charge in [-0.05, 0) is 61.1 Å². The Labute approximate surface area is 185 Å². The SMILES string of the molecule is O[C@H](Cc1ccccc1)C[NH+](Cc1cccn1Cc1cccc(F)c1)C1CCCCC1. The first-order chi connectivity index (χ1) is 15.2. The zero-order valence-corrected chi connectivity index (χ0v) is 18.2. The van der Waals surface area contributed by atoms with E-state index >= 15 is 0 Å². The van der Waals surface area contributed by atoms with Crippen LogP contribution in [0.2, 0.25) is 0 Å². The van der Waals surface area contributed by atoms with E-state index in [-0.39, 0.29) is 11.9 Å². The molecule has 1 saturated carbocycles. The summed E-state index contributed by atoms with van der Waals surface area (Å²) in [7, 11) is 0. The maximum Gasteiger partial charge on any atom is 0.123 e. The lowest BCUT2D eigenvalue weighted by atomic mass is 9.93. The fourth-order valence-electron chi connectivity index (χ4n) is 4.98. The Hall–Kier alpha value is -2.43. The van der Waals surface area contributed by atoms with Gasteiger partial charge in [-0.2, -0.15) is 0 Å². The molecule has 1 unspecified atom stereocenters. The van der Waals surface area contributed by atoms with Gasteiger partial charge in [0.05, 0.1) is 11.7 Å². The van der Waals surface area contributed by atoms with Gasteiger partial charge in [0.1, 0.15) is 25.0 Å². The second-order valence-corrected chi connectivity index (χ2v) is 8.97. The highest BCUT2D eigenvalue weighted by molar-refractivity contribution is 5.19. The Morgan fingerprint density at radius 2 is 1.71 bits per heavy atom. The highest BCUT2D eigenvalue weighted by Gasteiger charge is 2.27. The monoisotopic (exact) mass is 421 g/mol. The summed E-state index contributed by atoms with van der Waals surface area (Å²) in [6.45, 7) is 2.31. The van der Waals surface area contributed by atoms with E-state index in [4.69, 9.17) is 0 Å². The molecule has 0 spiro atoms. The molecule has 1 fully saturated rings. The van der Waals surface area contributed by atoms with Crippen molar-refractivity contribution in [3.63, 3.8) is 0 Å². The van der Waals surface area contributed by atoms with Crippen molar-refractivity contribution in [1.82, 2.24) is 4.57 Å². The summed E-state index contributed by atoms with van der Waals surface area (Å²) in [5.74, 6) is -0.190. The van der Waals surface area contributed by atoms with Gasteiger partial charge in [0.2, 0.25) is 0 Å². The lowest BCUT2D eigenvalue weighted by Crippen LogP contribution is -3.15. The maximum atomic E-state index is 13.6. The van der Waals surface area contributed by atoms with Crippen molar-refractivity contribution in [3.8, 4) is 0 Å². The third-order valence-corrected chi connectivity index (χ3v) is 6.57. The smallest absolute Gasteiger partial charge is 0.123 e. The molecule has 164 valence electrons. The number of nitrogens with zero attached hydrogens (tertiary/aromatic N) is 1. The van der Waals surface area contributed by atoms with Crippen molar-refractivity contribution in [2.24, 2.45) is 0 Å². The van der Waals surface area contributed by atoms with Crippen LogP contribution in [0.3, 0.4) is 0 Å². The third kappa shape index (κ3) is 6.28. The first kappa shape index (κ1) is 21.8. The molecule has 31 heavy (non-hydrogen) atoms. The molecule has 3 aromatic rings. The predicted molar refractivity (Wildman–Crippen MR) is 122 cm³/mol. The standard InChI is InChI=1S/C27H33FN2O/c28-24-12-7-11-23(17-24)19-29-16-8-15-26(29)20-30(25-13-5-2-6-14-25)21-27(31)18-22-9-3-1-4-10-22/h1,3-4,7-12,15-17,25,27,31H,2,5-6,13-14,18-21H2/p+1/t27-/m1/s1. The summed E-state index contributed by atoms with van der Waals surface area (Å²) in [5, 5.41) is 10.9. The first-order valence-electron chi connectivity index (χ1n) is 11.6. The summed E-state index contributed by atoms with van der Waals surface area (Å²) in [4.78, 5) is 1.47. The molecule has 1 heterocycles. The number of aromatic nitrogens is 1. The van der Waals surface area contributed by atoms with Gasteiger partial charge in [-0.1, -0.05) is 48.9 Å². The van der Waals surface area contributed by atoms with E-state index < -0.39 is 0 Å². The molecule has 1 aliphatic carbocycles. The fraction of sp³-hybridized carbons (Fsp3) is 0.407. The molecular formula is C27H34FN2O+. The van der Waals surface area contributed by atoms with Crippen LogP contribution in [0, 0.1) is 5.82 Å². The zero-order valence-electron chi connectivity index (χ0n) is 18.2. The van der Waals surface area contributed by atoms with E-state index in [0.717, 1.165) is 18.7 Å². The van der Waals surface area contributed by atoms with Crippen molar-refractivity contribution < 1.29 is 14.4 Å². The van der Waals surface area contributed by atoms with Gasteiger partial charge in [0, 0.05) is 19.2 Å². The summed E-state index contributed by atoms with van der Waals surface area (Å²) in [5.41, 5.74) is 3.41. The Morgan fingerprint density at radius 1 is 0.935 bits per heavy atom. The van der Waals surface area contributed by atoms with Crippen LogP contribution in [-0.2, 0) is 19.5 Å². The molecule has 3 nitrogen and oxygen atoms in total. The van der Waals surface area contributed by atoms with Crippen molar-refractivity contribution in [1.29, 1.82) is 0 Å². The number of hydrogen-bond acceptors (Lipinski definition) is 1. The van der Waals surface area contributed by atoms with Gasteiger partial charge in [0.25, 0.3) is 0 Å². The van der Waals surface area contributed by atoms with Gasteiger partial charge in [0.15, 0.2) is 0 Å². The quantitative estimate of drug-likeness (QED) is 0.537. The summed E-state index contributed by atoms with van der Waals surface area (Å²) < 4.78 is 15.9. The van der Waals surface area contributed by atoms with Gasteiger partial charge in [-0.15, -0.1) is 0 Å². The Kier molecular flexibility index (Phi) is 7.55. The second-order valence-electron chi connectivity index (χ2n) is 8.97. The molecule has 2 aromatic carbocycles. The Balaban J connectivity index is 1.46. The van der Waals surface area contributed by atoms with Crippen molar-refractivity contribution in [2.45, 2.75) is 63.8 Å². The van der Waals surface area contributed by atoms with Crippen molar-refractivity contribution in [3.05, 3.63) is 95.6 Å². The van der Waals surface area contributed by atoms with Gasteiger partial charge in [-0.3, -0.25) is 0 Å². The molecule has 0 radical (unpaired) electrons. The van der Waals surface area contributed by atoms with E-state index in [9.17, 15) is 9.50 Å². The molecule has 2 N–H and O–H groups in total. The highest BCUT2D eigenvalue weighted by Crippen LogP contribution is 2.16. The average Bonchev–Trinajstić information content (AvgIpc) is 3.21. The number of rotatable bonds is 9. The highest BCUT2D eigenvalue weighted by atomic mass is 19.1. The molecular weight excluding hydrogens is 387 g/mol.